The maximum absolute atomic E-state index is 14.6. The van der Waals surface area contributed by atoms with E-state index in [1.54, 1.807) is 12.1 Å². The molecule has 0 aliphatic carbocycles. The molecule has 4 rings (SSSR count). The number of fused-ring (bicyclic) bond motifs is 1. The first-order chi connectivity index (χ1) is 11.7. The molecule has 2 aromatic rings. The molecule has 0 spiro atoms. The molecule has 1 amide bonds. The van der Waals surface area contributed by atoms with Crippen LogP contribution in [-0.4, -0.2) is 25.3 Å². The third-order valence-electron chi connectivity index (χ3n) is 4.55. The van der Waals surface area contributed by atoms with Crippen molar-refractivity contribution in [3.05, 3.63) is 53.3 Å². The predicted molar refractivity (Wildman–Crippen MR) is 89.0 cm³/mol. The number of cyclic esters (lactones) is 1. The van der Waals surface area contributed by atoms with E-state index < -0.39 is 6.09 Å². The number of nitrogens with zero attached hydrogens (tertiary/aromatic N) is 1. The summed E-state index contributed by atoms with van der Waals surface area (Å²) in [6.07, 6.45) is -0.828. The van der Waals surface area contributed by atoms with Crippen molar-refractivity contribution in [1.29, 1.82) is 0 Å². The van der Waals surface area contributed by atoms with Crippen LogP contribution in [0.5, 0.6) is 0 Å². The quantitative estimate of drug-likeness (QED) is 0.908. The lowest BCUT2D eigenvalue weighted by Crippen LogP contribution is -2.27. The van der Waals surface area contributed by atoms with Crippen molar-refractivity contribution in [1.82, 2.24) is 5.32 Å². The number of ether oxygens (including phenoxy) is 1. The highest BCUT2D eigenvalue weighted by atomic mass is 19.1. The molecule has 2 aliphatic rings. The van der Waals surface area contributed by atoms with Crippen LogP contribution in [0.4, 0.5) is 14.9 Å². The Hall–Kier alpha value is -2.44. The van der Waals surface area contributed by atoms with Gasteiger partial charge in [-0.25, -0.2) is 9.18 Å². The molecule has 1 saturated heterocycles. The fourth-order valence-corrected chi connectivity index (χ4v) is 3.22. The number of amides is 1. The Bertz CT molecular complexity index is 809. The van der Waals surface area contributed by atoms with Crippen molar-refractivity contribution in [3.63, 3.8) is 0 Å². The van der Waals surface area contributed by atoms with Crippen molar-refractivity contribution in [2.45, 2.75) is 19.2 Å². The topological polar surface area (TPSA) is 67.6 Å². The molecule has 1 fully saturated rings. The van der Waals surface area contributed by atoms with Gasteiger partial charge < -0.3 is 15.8 Å². The Balaban J connectivity index is 1.64. The molecule has 2 aliphatic heterocycles. The SMILES string of the molecule is NC[C@H]1CN(c2ccc(-c3ccc4c(c3)CNC4)c(F)c2)C(=O)O1. The fraction of sp³-hybridized carbons (Fsp3) is 0.278. The average molecular weight is 327 g/mol. The molecule has 0 radical (unpaired) electrons. The molecule has 0 unspecified atom stereocenters. The Morgan fingerprint density at radius 3 is 2.79 bits per heavy atom. The van der Waals surface area contributed by atoms with Gasteiger partial charge in [-0.05, 0) is 41.0 Å². The smallest absolute Gasteiger partial charge is 0.414 e. The third-order valence-corrected chi connectivity index (χ3v) is 4.55. The molecular formula is C18H18FN3O2. The monoisotopic (exact) mass is 327 g/mol. The number of carbonyl (C=O) groups is 1. The molecule has 6 heteroatoms. The molecule has 3 N–H and O–H groups in total. The molecule has 0 bridgehead atoms. The minimum absolute atomic E-state index is 0.256. The summed E-state index contributed by atoms with van der Waals surface area (Å²) in [5.74, 6) is -0.359. The maximum Gasteiger partial charge on any atom is 0.414 e. The number of benzene rings is 2. The van der Waals surface area contributed by atoms with E-state index in [2.05, 4.69) is 5.32 Å². The number of rotatable bonds is 3. The van der Waals surface area contributed by atoms with Crippen molar-refractivity contribution in [3.8, 4) is 11.1 Å². The number of hydrogen-bond donors (Lipinski definition) is 2. The van der Waals surface area contributed by atoms with E-state index in [0.29, 0.717) is 17.8 Å². The lowest BCUT2D eigenvalue weighted by molar-refractivity contribution is 0.145. The predicted octanol–water partition coefficient (Wildman–Crippen LogP) is 2.38. The van der Waals surface area contributed by atoms with Crippen LogP contribution in [0, 0.1) is 5.82 Å². The highest BCUT2D eigenvalue weighted by Gasteiger charge is 2.31. The third kappa shape index (κ3) is 2.53. The molecule has 0 saturated carbocycles. The van der Waals surface area contributed by atoms with Crippen molar-refractivity contribution >= 4 is 11.8 Å². The van der Waals surface area contributed by atoms with E-state index in [1.807, 2.05) is 18.2 Å². The molecule has 0 aromatic heterocycles. The molecule has 124 valence electrons. The lowest BCUT2D eigenvalue weighted by atomic mass is 10.00. The van der Waals surface area contributed by atoms with Crippen LogP contribution in [0.2, 0.25) is 0 Å². The van der Waals surface area contributed by atoms with Crippen molar-refractivity contribution in [2.75, 3.05) is 18.0 Å². The molecule has 1 atom stereocenters. The second-order valence-corrected chi connectivity index (χ2v) is 6.10. The number of anilines is 1. The van der Waals surface area contributed by atoms with Crippen LogP contribution in [0.3, 0.4) is 0 Å². The second-order valence-electron chi connectivity index (χ2n) is 6.10. The van der Waals surface area contributed by atoms with Crippen LogP contribution in [0.15, 0.2) is 36.4 Å². The summed E-state index contributed by atoms with van der Waals surface area (Å²) in [5.41, 5.74) is 9.83. The van der Waals surface area contributed by atoms with Gasteiger partial charge in [0.25, 0.3) is 0 Å². The van der Waals surface area contributed by atoms with Gasteiger partial charge in [0.2, 0.25) is 0 Å². The van der Waals surface area contributed by atoms with Gasteiger partial charge in [0.1, 0.15) is 11.9 Å². The Morgan fingerprint density at radius 1 is 1.21 bits per heavy atom. The van der Waals surface area contributed by atoms with Gasteiger partial charge in [0.15, 0.2) is 0 Å². The van der Waals surface area contributed by atoms with Gasteiger partial charge in [-0.1, -0.05) is 12.1 Å². The zero-order valence-corrected chi connectivity index (χ0v) is 13.1. The highest BCUT2D eigenvalue weighted by molar-refractivity contribution is 5.90. The second kappa shape index (κ2) is 5.89. The summed E-state index contributed by atoms with van der Waals surface area (Å²) in [6.45, 7) is 2.27. The van der Waals surface area contributed by atoms with Gasteiger partial charge in [-0.15, -0.1) is 0 Å². The van der Waals surface area contributed by atoms with Crippen LogP contribution in [-0.2, 0) is 17.8 Å². The summed E-state index contributed by atoms with van der Waals surface area (Å²) < 4.78 is 19.7. The minimum Gasteiger partial charge on any atom is -0.443 e. The lowest BCUT2D eigenvalue weighted by Gasteiger charge is -2.14. The van der Waals surface area contributed by atoms with Crippen LogP contribution in [0.25, 0.3) is 11.1 Å². The van der Waals surface area contributed by atoms with Gasteiger partial charge in [0.05, 0.1) is 12.2 Å². The molecule has 5 nitrogen and oxygen atoms in total. The average Bonchev–Trinajstić information content (AvgIpc) is 3.20. The van der Waals surface area contributed by atoms with Crippen LogP contribution in [0.1, 0.15) is 11.1 Å². The number of halogens is 1. The first-order valence-electron chi connectivity index (χ1n) is 7.96. The number of nitrogens with one attached hydrogen (secondary N) is 1. The van der Waals surface area contributed by atoms with Gasteiger partial charge in [-0.2, -0.15) is 0 Å². The van der Waals surface area contributed by atoms with Crippen LogP contribution < -0.4 is 16.0 Å². The van der Waals surface area contributed by atoms with Gasteiger partial charge >= 0.3 is 6.09 Å². The summed E-state index contributed by atoms with van der Waals surface area (Å²) in [6, 6.07) is 10.8. The molecule has 2 aromatic carbocycles. The highest BCUT2D eigenvalue weighted by Crippen LogP contribution is 2.31. The summed E-state index contributed by atoms with van der Waals surface area (Å²) >= 11 is 0. The zero-order valence-electron chi connectivity index (χ0n) is 13.1. The Labute approximate surface area is 139 Å². The summed E-state index contributed by atoms with van der Waals surface area (Å²) in [5, 5.41) is 3.28. The van der Waals surface area contributed by atoms with Gasteiger partial charge in [0, 0.05) is 25.2 Å². The number of nitrogens with two attached hydrogens (primary N) is 1. The van der Waals surface area contributed by atoms with E-state index in [1.165, 1.54) is 22.1 Å². The largest absolute Gasteiger partial charge is 0.443 e. The number of hydrogen-bond acceptors (Lipinski definition) is 4. The first kappa shape index (κ1) is 15.1. The zero-order chi connectivity index (χ0) is 16.7. The summed E-state index contributed by atoms with van der Waals surface area (Å²) in [4.78, 5) is 13.3. The normalized spacial score (nSPS) is 19.5. The Morgan fingerprint density at radius 2 is 2.04 bits per heavy atom. The van der Waals surface area contributed by atoms with E-state index in [0.717, 1.165) is 18.7 Å². The van der Waals surface area contributed by atoms with Crippen molar-refractivity contribution < 1.29 is 13.9 Å². The maximum atomic E-state index is 14.6. The molecule has 2 heterocycles. The fourth-order valence-electron chi connectivity index (χ4n) is 3.22. The Kier molecular flexibility index (Phi) is 3.70. The van der Waals surface area contributed by atoms with E-state index in [9.17, 15) is 9.18 Å². The molecular weight excluding hydrogens is 309 g/mol. The van der Waals surface area contributed by atoms with E-state index >= 15 is 0 Å². The minimum atomic E-state index is -0.485. The number of carbonyl (C=O) groups excluding carboxylic acids is 1. The summed E-state index contributed by atoms with van der Waals surface area (Å²) in [7, 11) is 0. The van der Waals surface area contributed by atoms with Crippen molar-refractivity contribution in [2.24, 2.45) is 5.73 Å². The van der Waals surface area contributed by atoms with E-state index in [4.69, 9.17) is 10.5 Å². The van der Waals surface area contributed by atoms with Gasteiger partial charge in [-0.3, -0.25) is 4.90 Å². The first-order valence-corrected chi connectivity index (χ1v) is 7.96. The molecule has 24 heavy (non-hydrogen) atoms. The standard InChI is InChI=1S/C18H18FN3O2/c19-17-6-14(22-10-15(7-20)24-18(22)23)3-4-16(17)11-1-2-12-8-21-9-13(12)5-11/h1-6,15,21H,7-10,20H2/t15-/m0/s1. The van der Waals surface area contributed by atoms with E-state index in [-0.39, 0.29) is 18.5 Å². The van der Waals surface area contributed by atoms with Crippen LogP contribution >= 0.6 is 0 Å².